The second-order valence-corrected chi connectivity index (χ2v) is 20.7. The molecule has 4 N–H and O–H groups in total. The number of carbonyl (C=O) groups excluding carboxylic acids is 4. The third-order valence-electron chi connectivity index (χ3n) is 11.9. The van der Waals surface area contributed by atoms with Gasteiger partial charge in [0, 0.05) is 61.4 Å². The van der Waals surface area contributed by atoms with Gasteiger partial charge in [0.25, 0.3) is 5.91 Å². The van der Waals surface area contributed by atoms with Gasteiger partial charge in [0.05, 0.1) is 6.04 Å². The van der Waals surface area contributed by atoms with Gasteiger partial charge in [-0.25, -0.2) is 9.97 Å². The number of rotatable bonds is 27. The average Bonchev–Trinajstić information content (AvgIpc) is 3.79. The van der Waals surface area contributed by atoms with Crippen LogP contribution in [0.5, 0.6) is 5.75 Å². The Balaban J connectivity index is 1.49. The number of aromatic nitrogens is 2. The second kappa shape index (κ2) is 27.7. The van der Waals surface area contributed by atoms with Crippen molar-refractivity contribution in [2.45, 2.75) is 142 Å². The lowest BCUT2D eigenvalue weighted by molar-refractivity contribution is -0.143. The molecule has 1 saturated heterocycles. The summed E-state index contributed by atoms with van der Waals surface area (Å²) >= 11 is 1.36. The van der Waals surface area contributed by atoms with E-state index in [1.54, 1.807) is 45.3 Å². The van der Waals surface area contributed by atoms with Gasteiger partial charge in [-0.2, -0.15) is 0 Å². The van der Waals surface area contributed by atoms with Crippen LogP contribution < -0.4 is 16.0 Å². The van der Waals surface area contributed by atoms with Crippen LogP contribution in [0.4, 0.5) is 0 Å². The number of carbonyl (C=O) groups is 4. The number of ether oxygens (including phenoxy) is 1. The maximum absolute atomic E-state index is 14.8. The topological polar surface area (TPSA) is 166 Å². The number of nitrogens with one attached hydrogen (secondary N) is 3. The van der Waals surface area contributed by atoms with Crippen LogP contribution in [0.15, 0.2) is 59.1 Å². The molecular weight excluding hydrogens is 867 g/mol. The molecule has 0 saturated carbocycles. The predicted octanol–water partition coefficient (Wildman–Crippen LogP) is 8.30. The minimum Gasteiger partial charge on any atom is -0.508 e. The SMILES string of the molecule is CCCO[C@H](C[C@H](C(C)C)N(CCC)C(=O)[C@@H](NC(=O)[C@H]1CCCCN1C)[C@@H](C)CC)c1nc(C(=O)N[C@@H](Cc2ccc(O)cc2)C[C@H](C)C(=O)NCCSSc2ccccn2)cs1. The number of likely N-dealkylation sites (tertiary alicyclic amines) is 1. The number of benzene rings is 1. The van der Waals surface area contributed by atoms with E-state index in [2.05, 4.69) is 53.5 Å². The molecular formula is C48H73N7O6S3. The van der Waals surface area contributed by atoms with Crippen molar-refractivity contribution in [1.29, 1.82) is 0 Å². The number of amides is 4. The van der Waals surface area contributed by atoms with Gasteiger partial charge < -0.3 is 30.7 Å². The summed E-state index contributed by atoms with van der Waals surface area (Å²) < 4.78 is 6.49. The first-order valence-electron chi connectivity index (χ1n) is 23.2. The van der Waals surface area contributed by atoms with E-state index >= 15 is 0 Å². The minimum absolute atomic E-state index is 0.0628. The van der Waals surface area contributed by atoms with Gasteiger partial charge in [0.1, 0.15) is 33.6 Å². The summed E-state index contributed by atoms with van der Waals surface area (Å²) in [7, 11) is 5.18. The molecule has 3 aromatic rings. The van der Waals surface area contributed by atoms with Crippen LogP contribution in [0.3, 0.4) is 0 Å². The fraction of sp³-hybridized carbons (Fsp3) is 0.625. The van der Waals surface area contributed by atoms with Crippen LogP contribution in [0.1, 0.15) is 127 Å². The van der Waals surface area contributed by atoms with Gasteiger partial charge in [-0.1, -0.05) is 90.3 Å². The Hall–Kier alpha value is -3.70. The summed E-state index contributed by atoms with van der Waals surface area (Å²) in [6.07, 6.45) is 7.71. The molecule has 354 valence electrons. The second-order valence-electron chi connectivity index (χ2n) is 17.4. The highest BCUT2D eigenvalue weighted by molar-refractivity contribution is 8.76. The van der Waals surface area contributed by atoms with Gasteiger partial charge >= 0.3 is 0 Å². The number of likely N-dealkylation sites (N-methyl/N-ethyl adjacent to an activating group) is 1. The number of phenolic OH excluding ortho intramolecular Hbond substituents is 1. The van der Waals surface area contributed by atoms with Crippen molar-refractivity contribution in [3.63, 3.8) is 0 Å². The van der Waals surface area contributed by atoms with E-state index in [-0.39, 0.29) is 59.0 Å². The first-order chi connectivity index (χ1) is 30.8. The maximum Gasteiger partial charge on any atom is 0.270 e. The molecule has 0 bridgehead atoms. The molecule has 0 spiro atoms. The van der Waals surface area contributed by atoms with Crippen molar-refractivity contribution < 1.29 is 29.0 Å². The molecule has 1 aromatic carbocycles. The molecule has 7 atom stereocenters. The highest BCUT2D eigenvalue weighted by Gasteiger charge is 2.38. The summed E-state index contributed by atoms with van der Waals surface area (Å²) in [5, 5.41) is 22.7. The highest BCUT2D eigenvalue weighted by atomic mass is 33.1. The average molecular weight is 940 g/mol. The summed E-state index contributed by atoms with van der Waals surface area (Å²) in [4.78, 5) is 69.0. The Morgan fingerprint density at radius 1 is 1.00 bits per heavy atom. The maximum atomic E-state index is 14.8. The Morgan fingerprint density at radius 2 is 1.77 bits per heavy atom. The highest BCUT2D eigenvalue weighted by Crippen LogP contribution is 2.32. The number of aromatic hydroxyl groups is 1. The van der Waals surface area contributed by atoms with E-state index in [0.29, 0.717) is 49.7 Å². The molecule has 0 aliphatic carbocycles. The normalized spacial score (nSPS) is 17.2. The third-order valence-corrected chi connectivity index (χ3v) is 15.1. The van der Waals surface area contributed by atoms with E-state index < -0.39 is 24.1 Å². The quantitative estimate of drug-likeness (QED) is 0.0429. The number of piperidine rings is 1. The van der Waals surface area contributed by atoms with E-state index in [1.807, 2.05) is 63.1 Å². The number of hydrogen-bond acceptors (Lipinski definition) is 12. The Kier molecular flexibility index (Phi) is 22.9. The van der Waals surface area contributed by atoms with Crippen LogP contribution in [-0.2, 0) is 25.5 Å². The molecule has 13 nitrogen and oxygen atoms in total. The lowest BCUT2D eigenvalue weighted by Gasteiger charge is -2.40. The first kappa shape index (κ1) is 52.9. The number of pyridine rings is 1. The van der Waals surface area contributed by atoms with Gasteiger partial charge in [-0.15, -0.1) is 11.3 Å². The standard InChI is InChI=1S/C48H73N7O6S3/c1-9-24-55(48(60)43(33(6)11-3)53-46(59)39-16-13-15-25-54(39)8)40(32(4)5)30-41(61-26-10-2)47-52-38(31-62-47)45(58)51-36(29-35-18-20-37(56)21-19-35)28-34(7)44(57)50-23-27-63-64-42-17-12-14-22-49-42/h12,14,17-22,31-34,36,39-41,43,56H,9-11,13,15-16,23-30H2,1-8H3,(H,50,57)(H,51,58)(H,53,59)/t33-,34-,36+,39+,40+,41+,43-/m0/s1. The first-order valence-corrected chi connectivity index (χ1v) is 26.4. The van der Waals surface area contributed by atoms with Crippen molar-refractivity contribution in [1.82, 2.24) is 35.7 Å². The number of hydrogen-bond donors (Lipinski definition) is 4. The van der Waals surface area contributed by atoms with Crippen molar-refractivity contribution >= 4 is 56.6 Å². The van der Waals surface area contributed by atoms with Gasteiger partial charge in [-0.3, -0.25) is 24.1 Å². The lowest BCUT2D eigenvalue weighted by atomic mass is 9.92. The zero-order valence-corrected chi connectivity index (χ0v) is 41.7. The van der Waals surface area contributed by atoms with Crippen molar-refractivity contribution in [2.24, 2.45) is 17.8 Å². The van der Waals surface area contributed by atoms with E-state index in [1.165, 1.54) is 11.3 Å². The lowest BCUT2D eigenvalue weighted by Crippen LogP contribution is -2.58. The van der Waals surface area contributed by atoms with E-state index in [9.17, 15) is 24.3 Å². The van der Waals surface area contributed by atoms with Gasteiger partial charge in [-0.05, 0) is 105 Å². The van der Waals surface area contributed by atoms with Crippen molar-refractivity contribution in [2.75, 3.05) is 39.0 Å². The van der Waals surface area contributed by atoms with Gasteiger partial charge in [0.2, 0.25) is 17.7 Å². The molecule has 64 heavy (non-hydrogen) atoms. The minimum atomic E-state index is -0.657. The molecule has 0 unspecified atom stereocenters. The van der Waals surface area contributed by atoms with Crippen LogP contribution in [-0.4, -0.2) is 112 Å². The van der Waals surface area contributed by atoms with Crippen LogP contribution in [0, 0.1) is 17.8 Å². The smallest absolute Gasteiger partial charge is 0.270 e. The molecule has 1 fully saturated rings. The Bertz CT molecular complexity index is 1870. The fourth-order valence-corrected chi connectivity index (χ4v) is 10.7. The number of nitrogens with zero attached hydrogens (tertiary/aromatic N) is 4. The van der Waals surface area contributed by atoms with E-state index in [4.69, 9.17) is 9.72 Å². The Labute approximate surface area is 393 Å². The van der Waals surface area contributed by atoms with Crippen molar-refractivity contribution in [3.05, 3.63) is 70.3 Å². The number of phenols is 1. The molecule has 16 heteroatoms. The summed E-state index contributed by atoms with van der Waals surface area (Å²) in [6.45, 7) is 16.7. The molecule has 4 rings (SSSR count). The van der Waals surface area contributed by atoms with Crippen LogP contribution in [0.25, 0.3) is 0 Å². The molecule has 3 heterocycles. The summed E-state index contributed by atoms with van der Waals surface area (Å²) in [5.41, 5.74) is 1.17. The predicted molar refractivity (Wildman–Crippen MR) is 260 cm³/mol. The molecule has 4 amide bonds. The molecule has 1 aliphatic heterocycles. The molecule has 1 aliphatic rings. The van der Waals surface area contributed by atoms with Crippen LogP contribution in [0.2, 0.25) is 0 Å². The Morgan fingerprint density at radius 3 is 2.42 bits per heavy atom. The zero-order chi connectivity index (χ0) is 46.6. The summed E-state index contributed by atoms with van der Waals surface area (Å²) in [5.74, 6) is -0.130. The summed E-state index contributed by atoms with van der Waals surface area (Å²) in [6, 6.07) is 11.1. The van der Waals surface area contributed by atoms with E-state index in [0.717, 1.165) is 55.7 Å². The van der Waals surface area contributed by atoms with Gasteiger partial charge in [0.15, 0.2) is 0 Å². The van der Waals surface area contributed by atoms with Crippen LogP contribution >= 0.6 is 32.9 Å². The third kappa shape index (κ3) is 16.6. The fourth-order valence-electron chi connectivity index (χ4n) is 8.01. The number of thiazole rings is 1. The molecule has 0 radical (unpaired) electrons. The largest absolute Gasteiger partial charge is 0.508 e. The molecule has 2 aromatic heterocycles. The zero-order valence-electron chi connectivity index (χ0n) is 39.2. The van der Waals surface area contributed by atoms with Crippen molar-refractivity contribution in [3.8, 4) is 5.75 Å². The monoisotopic (exact) mass is 939 g/mol.